The van der Waals surface area contributed by atoms with Crippen molar-refractivity contribution in [3.8, 4) is 0 Å². The van der Waals surface area contributed by atoms with Crippen LogP contribution in [0.4, 0.5) is 0 Å². The summed E-state index contributed by atoms with van der Waals surface area (Å²) in [7, 11) is 0. The van der Waals surface area contributed by atoms with E-state index < -0.39 is 18.0 Å². The molecule has 2 aromatic rings. The molecule has 0 amide bonds. The molecule has 0 saturated carbocycles. The number of hydrogen-bond donors (Lipinski definition) is 4. The van der Waals surface area contributed by atoms with Crippen LogP contribution in [0.15, 0.2) is 47.4 Å². The molecule has 0 aliphatic carbocycles. The quantitative estimate of drug-likeness (QED) is 0.228. The van der Waals surface area contributed by atoms with Crippen molar-refractivity contribution in [1.82, 2.24) is 5.32 Å². The number of hydrogen-bond acceptors (Lipinski definition) is 6. The van der Waals surface area contributed by atoms with Crippen LogP contribution < -0.4 is 5.32 Å². The van der Waals surface area contributed by atoms with Gasteiger partial charge in [0.25, 0.3) is 0 Å². The number of thioether (sulfide) groups is 1. The zero-order valence-corrected chi connectivity index (χ0v) is 19.9. The first-order valence-electron chi connectivity index (χ1n) is 10.0. The lowest BCUT2D eigenvalue weighted by Gasteiger charge is -2.17. The highest BCUT2D eigenvalue weighted by Gasteiger charge is 2.10. The smallest absolute Gasteiger partial charge is 0.414 e. The van der Waals surface area contributed by atoms with E-state index in [4.69, 9.17) is 36.1 Å². The number of nitrogens with one attached hydrogen (secondary N) is 1. The standard InChI is InChI=1S/C21H28ClNO2S.C2H2O4/c1-15-4-9-21(12-16(15)2)26-11-10-23-13-20(24)14-25-17(3)18-5-7-19(22)8-6-18;3-1(4)2(5)6/h4-9,12,17,20,23-24H,10-11,13-14H2,1-3H3;(H,3,4)(H,5,6). The van der Waals surface area contributed by atoms with E-state index in [2.05, 4.69) is 37.4 Å². The van der Waals surface area contributed by atoms with Crippen LogP contribution in [0.2, 0.25) is 5.02 Å². The van der Waals surface area contributed by atoms with E-state index >= 15 is 0 Å². The summed E-state index contributed by atoms with van der Waals surface area (Å²) in [6.45, 7) is 7.93. The Labute approximate surface area is 197 Å². The molecule has 0 radical (unpaired) electrons. The SMILES string of the molecule is Cc1ccc(SCCNCC(O)COC(C)c2ccc(Cl)cc2)cc1C.O=C(O)C(=O)O. The van der Waals surface area contributed by atoms with Crippen molar-refractivity contribution < 1.29 is 29.6 Å². The van der Waals surface area contributed by atoms with Gasteiger partial charge in [-0.05, 0) is 61.7 Å². The molecule has 0 aliphatic heterocycles. The zero-order valence-electron chi connectivity index (χ0n) is 18.4. The lowest BCUT2D eigenvalue weighted by Crippen LogP contribution is -2.32. The number of aliphatic hydroxyl groups excluding tert-OH is 1. The highest BCUT2D eigenvalue weighted by atomic mass is 35.5. The molecular formula is C23H30ClNO6S. The Morgan fingerprint density at radius 1 is 1.06 bits per heavy atom. The molecule has 176 valence electrons. The maximum absolute atomic E-state index is 10.1. The molecule has 0 aromatic heterocycles. The Balaban J connectivity index is 0.000000751. The Morgan fingerprint density at radius 3 is 2.25 bits per heavy atom. The van der Waals surface area contributed by atoms with E-state index in [1.54, 1.807) is 0 Å². The number of rotatable bonds is 10. The van der Waals surface area contributed by atoms with Gasteiger partial charge < -0.3 is 25.4 Å². The van der Waals surface area contributed by atoms with Crippen molar-refractivity contribution >= 4 is 35.3 Å². The second-order valence-corrected chi connectivity index (χ2v) is 8.69. The first kappa shape index (κ1) is 27.9. The van der Waals surface area contributed by atoms with Crippen LogP contribution >= 0.6 is 23.4 Å². The van der Waals surface area contributed by atoms with Crippen LogP contribution in [0.1, 0.15) is 29.7 Å². The maximum atomic E-state index is 10.1. The third-order valence-corrected chi connectivity index (χ3v) is 5.71. The van der Waals surface area contributed by atoms with Crippen LogP contribution in [-0.2, 0) is 14.3 Å². The molecule has 2 unspecified atom stereocenters. The molecule has 0 aliphatic rings. The summed E-state index contributed by atoms with van der Waals surface area (Å²) < 4.78 is 5.74. The van der Waals surface area contributed by atoms with Gasteiger partial charge in [0, 0.05) is 28.8 Å². The van der Waals surface area contributed by atoms with Crippen molar-refractivity contribution in [3.63, 3.8) is 0 Å². The van der Waals surface area contributed by atoms with Gasteiger partial charge in [0.15, 0.2) is 0 Å². The summed E-state index contributed by atoms with van der Waals surface area (Å²) in [5.41, 5.74) is 3.70. The van der Waals surface area contributed by atoms with Crippen LogP contribution in [0.25, 0.3) is 0 Å². The number of ether oxygens (including phenoxy) is 1. The summed E-state index contributed by atoms with van der Waals surface area (Å²) in [6.07, 6.45) is -0.585. The molecule has 4 N–H and O–H groups in total. The zero-order chi connectivity index (χ0) is 24.1. The van der Waals surface area contributed by atoms with E-state index in [-0.39, 0.29) is 6.10 Å². The number of carboxylic acid groups (broad SMARTS) is 2. The van der Waals surface area contributed by atoms with Crippen LogP contribution in [0.5, 0.6) is 0 Å². The van der Waals surface area contributed by atoms with Crippen molar-refractivity contribution in [2.24, 2.45) is 0 Å². The van der Waals surface area contributed by atoms with Gasteiger partial charge in [0.05, 0.1) is 18.8 Å². The molecule has 0 saturated heterocycles. The minimum absolute atomic E-state index is 0.0674. The predicted octanol–water partition coefficient (Wildman–Crippen LogP) is 3.93. The Bertz CT molecular complexity index is 850. The topological polar surface area (TPSA) is 116 Å². The van der Waals surface area contributed by atoms with Gasteiger partial charge in [-0.3, -0.25) is 0 Å². The van der Waals surface area contributed by atoms with Gasteiger partial charge >= 0.3 is 11.9 Å². The van der Waals surface area contributed by atoms with Crippen molar-refractivity contribution in [2.75, 3.05) is 25.4 Å². The largest absolute Gasteiger partial charge is 0.473 e. The average molecular weight is 484 g/mol. The predicted molar refractivity (Wildman–Crippen MR) is 127 cm³/mol. The number of carbonyl (C=O) groups is 2. The van der Waals surface area contributed by atoms with E-state index in [1.807, 2.05) is 43.0 Å². The summed E-state index contributed by atoms with van der Waals surface area (Å²) >= 11 is 7.72. The lowest BCUT2D eigenvalue weighted by atomic mass is 10.1. The van der Waals surface area contributed by atoms with E-state index in [9.17, 15) is 5.11 Å². The molecule has 0 spiro atoms. The van der Waals surface area contributed by atoms with Gasteiger partial charge in [-0.2, -0.15) is 0 Å². The number of aliphatic hydroxyl groups is 1. The summed E-state index contributed by atoms with van der Waals surface area (Å²) in [5, 5.41) is 28.8. The van der Waals surface area contributed by atoms with Gasteiger partial charge in [-0.15, -0.1) is 11.8 Å². The monoisotopic (exact) mass is 483 g/mol. The number of benzene rings is 2. The van der Waals surface area contributed by atoms with Gasteiger partial charge in [-0.25, -0.2) is 9.59 Å². The molecule has 2 rings (SSSR count). The first-order chi connectivity index (χ1) is 15.1. The Morgan fingerprint density at radius 2 is 1.69 bits per heavy atom. The van der Waals surface area contributed by atoms with Crippen LogP contribution in [0.3, 0.4) is 0 Å². The van der Waals surface area contributed by atoms with Crippen LogP contribution in [0, 0.1) is 13.8 Å². The molecule has 7 nitrogen and oxygen atoms in total. The fourth-order valence-electron chi connectivity index (χ4n) is 2.46. The molecule has 0 bridgehead atoms. The van der Waals surface area contributed by atoms with Gasteiger partial charge in [-0.1, -0.05) is 29.8 Å². The van der Waals surface area contributed by atoms with Crippen molar-refractivity contribution in [3.05, 3.63) is 64.2 Å². The van der Waals surface area contributed by atoms with E-state index in [0.717, 1.165) is 17.9 Å². The normalized spacial score (nSPS) is 12.4. The Kier molecular flexibility index (Phi) is 13.0. The van der Waals surface area contributed by atoms with Crippen LogP contribution in [-0.4, -0.2) is 58.8 Å². The number of halogens is 1. The molecule has 2 aromatic carbocycles. The summed E-state index contributed by atoms with van der Waals surface area (Å²) in [5.74, 6) is -2.68. The average Bonchev–Trinajstić information content (AvgIpc) is 2.75. The lowest BCUT2D eigenvalue weighted by molar-refractivity contribution is -0.159. The van der Waals surface area contributed by atoms with E-state index in [0.29, 0.717) is 18.2 Å². The minimum atomic E-state index is -1.82. The second-order valence-electron chi connectivity index (χ2n) is 7.09. The molecule has 0 fully saturated rings. The molecule has 32 heavy (non-hydrogen) atoms. The maximum Gasteiger partial charge on any atom is 0.414 e. The second kappa shape index (κ2) is 14.9. The minimum Gasteiger partial charge on any atom is -0.473 e. The fraction of sp³-hybridized carbons (Fsp3) is 0.391. The highest BCUT2D eigenvalue weighted by Crippen LogP contribution is 2.21. The number of aliphatic carboxylic acids is 2. The van der Waals surface area contributed by atoms with Gasteiger partial charge in [0.1, 0.15) is 0 Å². The molecule has 0 heterocycles. The first-order valence-corrected chi connectivity index (χ1v) is 11.4. The molecular weight excluding hydrogens is 454 g/mol. The number of aryl methyl sites for hydroxylation is 2. The van der Waals surface area contributed by atoms with E-state index in [1.165, 1.54) is 16.0 Å². The fourth-order valence-corrected chi connectivity index (χ4v) is 3.49. The molecule has 2 atom stereocenters. The Hall–Kier alpha value is -2.10. The summed E-state index contributed by atoms with van der Waals surface area (Å²) in [6, 6.07) is 14.1. The molecule has 9 heteroatoms. The third kappa shape index (κ3) is 11.5. The highest BCUT2D eigenvalue weighted by molar-refractivity contribution is 7.99. The summed E-state index contributed by atoms with van der Waals surface area (Å²) in [4.78, 5) is 19.5. The third-order valence-electron chi connectivity index (χ3n) is 4.47. The van der Waals surface area contributed by atoms with Gasteiger partial charge in [0.2, 0.25) is 0 Å². The van der Waals surface area contributed by atoms with Crippen molar-refractivity contribution in [2.45, 2.75) is 37.9 Å². The number of carboxylic acids is 2. The van der Waals surface area contributed by atoms with Crippen molar-refractivity contribution in [1.29, 1.82) is 0 Å².